The number of hydrogen-bond acceptors (Lipinski definition) is 0. The van der Waals surface area contributed by atoms with Crippen LogP contribution >= 0.6 is 0 Å². The standard InChI is InChI=1S/C6H7.C5H5.2ClH.Hf/c1-6-4-2-3-5-6;1-2-4-5-3-1;;;/h2-5H,1H3;1-5H;2*1H;/q;;;;+2/p-2. The Morgan fingerprint density at radius 3 is 2.14 bits per heavy atom. The van der Waals surface area contributed by atoms with E-state index in [4.69, 9.17) is 0 Å². The van der Waals surface area contributed by atoms with Gasteiger partial charge in [0.1, 0.15) is 0 Å². The zero-order valence-electron chi connectivity index (χ0n) is 7.95. The molecule has 0 amide bonds. The Hall–Kier alpha value is 0.410. The molecule has 2 aliphatic rings. The monoisotopic (exact) mass is 394 g/mol. The molecule has 14 heavy (non-hydrogen) atoms. The van der Waals surface area contributed by atoms with Gasteiger partial charge in [-0.25, -0.2) is 0 Å². The maximum atomic E-state index is 2.39. The van der Waals surface area contributed by atoms with E-state index in [1.807, 2.05) is 0 Å². The van der Waals surface area contributed by atoms with Gasteiger partial charge in [-0.05, 0) is 0 Å². The summed E-state index contributed by atoms with van der Waals surface area (Å²) in [5.74, 6) is 0. The summed E-state index contributed by atoms with van der Waals surface area (Å²) >= 11 is -0.514. The Labute approximate surface area is 109 Å². The summed E-state index contributed by atoms with van der Waals surface area (Å²) in [7, 11) is 0. The molecule has 0 aromatic carbocycles. The van der Waals surface area contributed by atoms with E-state index in [0.29, 0.717) is 0 Å². The van der Waals surface area contributed by atoms with Crippen molar-refractivity contribution in [3.8, 4) is 0 Å². The van der Waals surface area contributed by atoms with Crippen LogP contribution in [-0.4, -0.2) is 0 Å². The predicted octanol–water partition coefficient (Wildman–Crippen LogP) is -2.70. The molecule has 74 valence electrons. The van der Waals surface area contributed by atoms with Gasteiger partial charge < -0.3 is 24.8 Å². The Morgan fingerprint density at radius 2 is 1.64 bits per heavy atom. The van der Waals surface area contributed by atoms with E-state index in [9.17, 15) is 0 Å². The first kappa shape index (κ1) is 14.4. The van der Waals surface area contributed by atoms with Gasteiger partial charge in [0.05, 0.1) is 0 Å². The number of allylic oxidation sites excluding steroid dienone is 8. The van der Waals surface area contributed by atoms with Crippen molar-refractivity contribution in [3.63, 3.8) is 0 Å². The molecule has 0 N–H and O–H groups in total. The fourth-order valence-electron chi connectivity index (χ4n) is 1.51. The van der Waals surface area contributed by atoms with Gasteiger partial charge in [-0.1, -0.05) is 0 Å². The van der Waals surface area contributed by atoms with E-state index in [1.165, 1.54) is 0 Å². The van der Waals surface area contributed by atoms with Gasteiger partial charge >= 0.3 is 85.3 Å². The van der Waals surface area contributed by atoms with Crippen molar-refractivity contribution in [2.45, 2.75) is 14.3 Å². The van der Waals surface area contributed by atoms with Crippen molar-refractivity contribution < 1.29 is 47.7 Å². The third-order valence-corrected chi connectivity index (χ3v) is 8.66. The molecule has 3 heteroatoms. The van der Waals surface area contributed by atoms with Crippen molar-refractivity contribution in [1.82, 2.24) is 0 Å². The van der Waals surface area contributed by atoms with E-state index in [1.54, 1.807) is 5.57 Å². The Bertz CT molecular complexity index is 278. The molecular weight excluding hydrogens is 382 g/mol. The molecule has 0 spiro atoms. The molecule has 0 aliphatic heterocycles. The number of rotatable bonds is 2. The van der Waals surface area contributed by atoms with Crippen LogP contribution in [0, 0.1) is 0 Å². The molecule has 1 atom stereocenters. The van der Waals surface area contributed by atoms with Gasteiger partial charge in [-0.15, -0.1) is 0 Å². The molecule has 0 nitrogen and oxygen atoms in total. The normalized spacial score (nSPS) is 22.6. The van der Waals surface area contributed by atoms with Crippen LogP contribution in [0.4, 0.5) is 0 Å². The second-order valence-electron chi connectivity index (χ2n) is 3.24. The van der Waals surface area contributed by atoms with Crippen LogP contribution in [0.5, 0.6) is 0 Å². The van der Waals surface area contributed by atoms with Crippen LogP contribution in [0.3, 0.4) is 0 Å². The topological polar surface area (TPSA) is 0 Å². The Kier molecular flexibility index (Phi) is 7.01. The molecule has 0 radical (unpaired) electrons. The SMILES string of the molecule is CC1=CC=C[CH]1[Hf+2][CH]1C=CC=C1.[Cl-].[Cl-]. The van der Waals surface area contributed by atoms with Gasteiger partial charge in [0, 0.05) is 0 Å². The first-order chi connectivity index (χ1) is 5.86. The van der Waals surface area contributed by atoms with Crippen LogP contribution in [0.2, 0.25) is 7.35 Å². The van der Waals surface area contributed by atoms with Gasteiger partial charge in [-0.2, -0.15) is 0 Å². The second-order valence-corrected chi connectivity index (χ2v) is 9.06. The second kappa shape index (κ2) is 6.81. The van der Waals surface area contributed by atoms with E-state index in [-0.39, 0.29) is 24.8 Å². The average Bonchev–Trinajstić information content (AvgIpc) is 2.65. The first-order valence-electron chi connectivity index (χ1n) is 4.32. The Balaban J connectivity index is 0.000000845. The van der Waals surface area contributed by atoms with Crippen molar-refractivity contribution in [2.75, 3.05) is 0 Å². The van der Waals surface area contributed by atoms with Crippen LogP contribution in [0.1, 0.15) is 6.92 Å². The molecule has 0 aromatic rings. The first-order valence-corrected chi connectivity index (χ1v) is 8.47. The molecule has 1 unspecified atom stereocenters. The third kappa shape index (κ3) is 3.52. The van der Waals surface area contributed by atoms with Crippen molar-refractivity contribution >= 4 is 0 Å². The molecule has 0 saturated carbocycles. The van der Waals surface area contributed by atoms with E-state index in [0.717, 1.165) is 7.35 Å². The Morgan fingerprint density at radius 1 is 1.00 bits per heavy atom. The molecule has 2 rings (SSSR count). The van der Waals surface area contributed by atoms with Gasteiger partial charge in [0.25, 0.3) is 0 Å². The zero-order valence-corrected chi connectivity index (χ0v) is 13.1. The molecule has 0 fully saturated rings. The largest absolute Gasteiger partial charge is 1.00 e. The molecule has 0 heterocycles. The molecule has 0 aromatic heterocycles. The summed E-state index contributed by atoms with van der Waals surface area (Å²) in [6, 6.07) is 0. The zero-order chi connectivity index (χ0) is 8.39. The summed E-state index contributed by atoms with van der Waals surface area (Å²) in [4.78, 5) is 0. The van der Waals surface area contributed by atoms with Gasteiger partial charge in [0.2, 0.25) is 0 Å². The third-order valence-electron chi connectivity index (χ3n) is 2.27. The predicted molar refractivity (Wildman–Crippen MR) is 48.7 cm³/mol. The minimum Gasteiger partial charge on any atom is -1.00 e. The summed E-state index contributed by atoms with van der Waals surface area (Å²) in [5.41, 5.74) is 1.59. The molecular formula is C11H12Cl2Hf. The molecule has 2 aliphatic carbocycles. The van der Waals surface area contributed by atoms with Crippen LogP contribution < -0.4 is 24.8 Å². The minimum absolute atomic E-state index is 0. The smallest absolute Gasteiger partial charge is 1.00 e. The molecule has 0 bridgehead atoms. The average molecular weight is 394 g/mol. The van der Waals surface area contributed by atoms with Gasteiger partial charge in [-0.3, -0.25) is 0 Å². The fourth-order valence-corrected chi connectivity index (χ4v) is 6.69. The summed E-state index contributed by atoms with van der Waals surface area (Å²) in [6.45, 7) is 2.26. The maximum Gasteiger partial charge on any atom is -1.00 e. The van der Waals surface area contributed by atoms with E-state index < -0.39 is 22.9 Å². The number of hydrogen-bond donors (Lipinski definition) is 0. The summed E-state index contributed by atoms with van der Waals surface area (Å²) in [5, 5.41) is 0. The number of halogens is 2. The van der Waals surface area contributed by atoms with Gasteiger partial charge in [0.15, 0.2) is 0 Å². The quantitative estimate of drug-likeness (QED) is 0.448. The van der Waals surface area contributed by atoms with Crippen LogP contribution in [-0.2, 0) is 22.9 Å². The van der Waals surface area contributed by atoms with Crippen LogP contribution in [0.25, 0.3) is 0 Å². The van der Waals surface area contributed by atoms with Crippen molar-refractivity contribution in [1.29, 1.82) is 0 Å². The fraction of sp³-hybridized carbons (Fsp3) is 0.273. The van der Waals surface area contributed by atoms with E-state index in [2.05, 4.69) is 49.5 Å². The summed E-state index contributed by atoms with van der Waals surface area (Å²) < 4.78 is 1.74. The van der Waals surface area contributed by atoms with Crippen LogP contribution in [0.15, 0.2) is 48.1 Å². The summed E-state index contributed by atoms with van der Waals surface area (Å²) in [6.07, 6.45) is 16.0. The molecule has 0 saturated heterocycles. The maximum absolute atomic E-state index is 2.39. The minimum atomic E-state index is -0.514. The van der Waals surface area contributed by atoms with E-state index >= 15 is 0 Å². The van der Waals surface area contributed by atoms with Crippen molar-refractivity contribution in [2.24, 2.45) is 0 Å². The van der Waals surface area contributed by atoms with Crippen molar-refractivity contribution in [3.05, 3.63) is 48.1 Å².